The van der Waals surface area contributed by atoms with Crippen molar-refractivity contribution in [1.29, 1.82) is 0 Å². The third-order valence-corrected chi connectivity index (χ3v) is 8.68. The second-order valence-electron chi connectivity index (χ2n) is 12.3. The third-order valence-electron chi connectivity index (χ3n) is 8.68. The van der Waals surface area contributed by atoms with E-state index in [2.05, 4.69) is 21.9 Å². The number of anilines is 1. The van der Waals surface area contributed by atoms with Gasteiger partial charge in [0.05, 0.1) is 6.33 Å². The van der Waals surface area contributed by atoms with Crippen molar-refractivity contribution in [2.24, 2.45) is 11.7 Å². The molecule has 3 heterocycles. The molecular weight excluding hydrogens is 583 g/mol. The molecule has 0 radical (unpaired) electrons. The number of alkyl halides is 1. The van der Waals surface area contributed by atoms with Crippen LogP contribution in [-0.2, 0) is 23.8 Å². The first-order chi connectivity index (χ1) is 21.7. The van der Waals surface area contributed by atoms with Gasteiger partial charge in [0.25, 0.3) is 5.56 Å². The molecule has 1 saturated heterocycles. The molecule has 6 atom stereocenters. The summed E-state index contributed by atoms with van der Waals surface area (Å²) in [5.74, 6) is -1.62. The molecule has 3 rings (SSSR count). The Morgan fingerprint density at radius 2 is 1.69 bits per heavy atom. The van der Waals surface area contributed by atoms with Gasteiger partial charge in [0.15, 0.2) is 17.3 Å². The Bertz CT molecular complexity index is 1250. The topological polar surface area (TPSA) is 177 Å². The number of carbonyl (C=O) groups is 2. The summed E-state index contributed by atoms with van der Waals surface area (Å²) in [6, 6.07) is -0.860. The summed E-state index contributed by atoms with van der Waals surface area (Å²) in [6.07, 6.45) is 11.7. The Labute approximate surface area is 265 Å². The summed E-state index contributed by atoms with van der Waals surface area (Å²) in [5, 5.41) is 0. The molecule has 0 aromatic carbocycles. The first kappa shape index (κ1) is 36.4. The van der Waals surface area contributed by atoms with Crippen molar-refractivity contribution in [1.82, 2.24) is 19.5 Å². The van der Waals surface area contributed by atoms with Crippen LogP contribution in [0.15, 0.2) is 11.1 Å². The van der Waals surface area contributed by atoms with Crippen LogP contribution in [0.4, 0.5) is 10.3 Å². The molecule has 1 aliphatic rings. The number of fused-ring (bicyclic) bond motifs is 1. The van der Waals surface area contributed by atoms with Crippen LogP contribution in [0.2, 0.25) is 0 Å². The molecule has 0 aliphatic carbocycles. The number of ether oxygens (including phenoxy) is 3. The highest BCUT2D eigenvalue weighted by Gasteiger charge is 2.39. The van der Waals surface area contributed by atoms with E-state index >= 15 is 0 Å². The molecule has 0 amide bonds. The highest BCUT2D eigenvalue weighted by atomic mass is 19.1. The number of unbranched alkanes of at least 4 members (excludes halogenated alkanes) is 11. The largest absolute Gasteiger partial charge is 0.460 e. The van der Waals surface area contributed by atoms with E-state index < -0.39 is 48.1 Å². The summed E-state index contributed by atoms with van der Waals surface area (Å²) >= 11 is 0. The van der Waals surface area contributed by atoms with Crippen LogP contribution in [0.3, 0.4) is 0 Å². The number of H-pyrrole nitrogens is 1. The minimum atomic E-state index is -1.46. The number of imidazole rings is 1. The first-order valence-corrected chi connectivity index (χ1v) is 16.8. The van der Waals surface area contributed by atoms with Crippen LogP contribution in [0.5, 0.6) is 0 Å². The predicted molar refractivity (Wildman–Crippen MR) is 170 cm³/mol. The number of nitrogens with zero attached hydrogens (tertiary/aromatic N) is 3. The zero-order chi connectivity index (χ0) is 32.8. The van der Waals surface area contributed by atoms with Crippen molar-refractivity contribution in [2.45, 2.75) is 148 Å². The number of nitrogen functional groups attached to an aromatic ring is 1. The molecule has 254 valence electrons. The van der Waals surface area contributed by atoms with Crippen molar-refractivity contribution in [3.63, 3.8) is 0 Å². The summed E-state index contributed by atoms with van der Waals surface area (Å²) in [5.41, 5.74) is 11.4. The molecule has 45 heavy (non-hydrogen) atoms. The minimum absolute atomic E-state index is 0.0520. The number of hydrogen-bond donors (Lipinski definition) is 3. The number of nitrogens with one attached hydrogen (secondary N) is 1. The molecule has 2 aromatic heterocycles. The summed E-state index contributed by atoms with van der Waals surface area (Å²) in [7, 11) is 0. The van der Waals surface area contributed by atoms with Crippen molar-refractivity contribution in [3.05, 3.63) is 16.7 Å². The van der Waals surface area contributed by atoms with Crippen LogP contribution in [0.1, 0.15) is 123 Å². The Morgan fingerprint density at radius 3 is 2.31 bits per heavy atom. The number of nitrogens with two attached hydrogens (primary N) is 2. The van der Waals surface area contributed by atoms with Crippen molar-refractivity contribution in [3.8, 4) is 0 Å². The Morgan fingerprint density at radius 1 is 1.07 bits per heavy atom. The number of aromatic amines is 1. The highest BCUT2D eigenvalue weighted by Crippen LogP contribution is 2.32. The van der Waals surface area contributed by atoms with Crippen molar-refractivity contribution >= 4 is 29.1 Å². The molecule has 13 heteroatoms. The Hall–Kier alpha value is -3.06. The fourth-order valence-corrected chi connectivity index (χ4v) is 5.52. The van der Waals surface area contributed by atoms with E-state index in [0.29, 0.717) is 19.3 Å². The second-order valence-corrected chi connectivity index (χ2v) is 12.3. The van der Waals surface area contributed by atoms with E-state index in [4.69, 9.17) is 25.7 Å². The minimum Gasteiger partial charge on any atom is -0.460 e. The number of halogens is 1. The van der Waals surface area contributed by atoms with Crippen LogP contribution in [-0.4, -0.2) is 62.5 Å². The molecule has 5 N–H and O–H groups in total. The van der Waals surface area contributed by atoms with E-state index in [9.17, 15) is 18.8 Å². The van der Waals surface area contributed by atoms with E-state index in [1.165, 1.54) is 62.3 Å². The predicted octanol–water partition coefficient (Wildman–Crippen LogP) is 5.25. The monoisotopic (exact) mass is 636 g/mol. The quantitative estimate of drug-likeness (QED) is 0.121. The van der Waals surface area contributed by atoms with Gasteiger partial charge >= 0.3 is 11.9 Å². The number of esters is 2. The molecule has 0 spiro atoms. The Kier molecular flexibility index (Phi) is 15.2. The lowest BCUT2D eigenvalue weighted by molar-refractivity contribution is -0.173. The molecule has 2 unspecified atom stereocenters. The lowest BCUT2D eigenvalue weighted by atomic mass is 10.0. The standard InChI is InChI=1S/C32H53FN6O6/c1-4-6-7-8-9-10-11-12-13-14-15-16-17-23(45-31(42)26(34)21(3)5-2)30(41)43-19-24-22(33)18-25(44-24)39-20-36-27-28(39)37-32(35)38-29(27)40/h20-26H,4-19,34H2,1-3H3,(H3,35,37,38,40)/t21-,22?,23?,24+,25+,26-/m0/s1. The number of aromatic nitrogens is 4. The zero-order valence-corrected chi connectivity index (χ0v) is 27.2. The first-order valence-electron chi connectivity index (χ1n) is 16.8. The summed E-state index contributed by atoms with van der Waals surface area (Å²) in [4.78, 5) is 48.4. The van der Waals surface area contributed by atoms with Gasteiger partial charge in [-0.2, -0.15) is 4.98 Å². The number of rotatable bonds is 21. The molecule has 12 nitrogen and oxygen atoms in total. The molecular formula is C32H53FN6O6. The average Bonchev–Trinajstić information content (AvgIpc) is 3.61. The van der Waals surface area contributed by atoms with Crippen LogP contribution in [0, 0.1) is 5.92 Å². The number of hydrogen-bond acceptors (Lipinski definition) is 10. The smallest absolute Gasteiger partial charge is 0.347 e. The molecule has 1 fully saturated rings. The van der Waals surface area contributed by atoms with Gasteiger partial charge in [0, 0.05) is 6.42 Å². The van der Waals surface area contributed by atoms with Crippen LogP contribution < -0.4 is 17.0 Å². The van der Waals surface area contributed by atoms with Gasteiger partial charge in [-0.15, -0.1) is 0 Å². The lowest BCUT2D eigenvalue weighted by Gasteiger charge is -2.22. The van der Waals surface area contributed by atoms with Gasteiger partial charge in [0.1, 0.15) is 31.2 Å². The summed E-state index contributed by atoms with van der Waals surface area (Å²) < 4.78 is 33.2. The van der Waals surface area contributed by atoms with Crippen molar-refractivity contribution < 1.29 is 28.2 Å². The van der Waals surface area contributed by atoms with Gasteiger partial charge in [-0.05, 0) is 18.8 Å². The summed E-state index contributed by atoms with van der Waals surface area (Å²) in [6.45, 7) is 5.63. The van der Waals surface area contributed by atoms with Crippen LogP contribution in [0.25, 0.3) is 11.2 Å². The van der Waals surface area contributed by atoms with Crippen LogP contribution >= 0.6 is 0 Å². The molecule has 1 aliphatic heterocycles. The normalized spacial score (nSPS) is 20.2. The fraction of sp³-hybridized carbons (Fsp3) is 0.781. The van der Waals surface area contributed by atoms with E-state index in [0.717, 1.165) is 19.3 Å². The number of carbonyl (C=O) groups excluding carboxylic acids is 2. The fourth-order valence-electron chi connectivity index (χ4n) is 5.52. The second kappa shape index (κ2) is 18.8. The van der Waals surface area contributed by atoms with Gasteiger partial charge in [-0.1, -0.05) is 97.8 Å². The van der Waals surface area contributed by atoms with Gasteiger partial charge < -0.3 is 25.7 Å². The Balaban J connectivity index is 1.49. The SMILES string of the molecule is CCCCCCCCCCCCCCC(OC(=O)[C@@H](N)[C@@H](C)CC)C(=O)OC[C@H]1O[C@@H](n2cnc3c(=O)[nH]c(N)nc32)CC1F. The maximum atomic E-state index is 15.0. The molecule has 2 aromatic rings. The molecule has 0 saturated carbocycles. The zero-order valence-electron chi connectivity index (χ0n) is 27.2. The van der Waals surface area contributed by atoms with Gasteiger partial charge in [-0.3, -0.25) is 19.1 Å². The van der Waals surface area contributed by atoms with E-state index in [-0.39, 0.29) is 36.1 Å². The van der Waals surface area contributed by atoms with E-state index in [1.807, 2.05) is 13.8 Å². The third kappa shape index (κ3) is 11.1. The van der Waals surface area contributed by atoms with E-state index in [1.54, 1.807) is 0 Å². The van der Waals surface area contributed by atoms with Gasteiger partial charge in [0.2, 0.25) is 5.95 Å². The maximum absolute atomic E-state index is 15.0. The van der Waals surface area contributed by atoms with Crippen molar-refractivity contribution in [2.75, 3.05) is 12.3 Å². The molecule has 0 bridgehead atoms. The average molecular weight is 637 g/mol. The van der Waals surface area contributed by atoms with Gasteiger partial charge in [-0.25, -0.2) is 14.2 Å². The lowest BCUT2D eigenvalue weighted by Crippen LogP contribution is -2.42. The highest BCUT2D eigenvalue weighted by molar-refractivity contribution is 5.82. The maximum Gasteiger partial charge on any atom is 0.347 e.